The summed E-state index contributed by atoms with van der Waals surface area (Å²) in [7, 11) is 0. The first kappa shape index (κ1) is 19.1. The van der Waals surface area contributed by atoms with Crippen LogP contribution in [0.1, 0.15) is 23.3 Å². The minimum absolute atomic E-state index is 0.240. The van der Waals surface area contributed by atoms with Gasteiger partial charge in [-0.15, -0.1) is 0 Å². The van der Waals surface area contributed by atoms with Gasteiger partial charge in [0.25, 0.3) is 5.91 Å². The molecule has 2 aliphatic rings. The second-order valence-electron chi connectivity index (χ2n) is 8.17. The molecule has 1 aromatic heterocycles. The molecule has 2 fully saturated rings. The molecule has 1 saturated carbocycles. The summed E-state index contributed by atoms with van der Waals surface area (Å²) in [6.45, 7) is 1.26. The number of fused-ring (bicyclic) bond motifs is 1. The van der Waals surface area contributed by atoms with Crippen molar-refractivity contribution in [3.8, 4) is 17.5 Å². The standard InChI is InChI=1S/C23H21FN6O/c24-16-5-7-17(8-6-16)26-19-4-2-1-3-18(19)20-11-21(29-28-20)22(31)27-23-10-9-15(23)12-30(13-23)14-25/h1-8,11,15,26H,9-10,12-13H2,(H,27,31)(H,28,29)/t15?,23-/m0/s1. The van der Waals surface area contributed by atoms with Crippen LogP contribution in [0.5, 0.6) is 0 Å². The number of H-pyrrole nitrogens is 1. The maximum absolute atomic E-state index is 13.2. The molecule has 5 rings (SSSR count). The highest BCUT2D eigenvalue weighted by Crippen LogP contribution is 2.44. The van der Waals surface area contributed by atoms with E-state index in [0.717, 1.165) is 29.8 Å². The zero-order valence-electron chi connectivity index (χ0n) is 16.7. The average molecular weight is 416 g/mol. The Morgan fingerprint density at radius 2 is 2.06 bits per heavy atom. The van der Waals surface area contributed by atoms with E-state index in [1.165, 1.54) is 12.1 Å². The van der Waals surface area contributed by atoms with Crippen molar-refractivity contribution in [2.45, 2.75) is 18.4 Å². The molecular weight excluding hydrogens is 395 g/mol. The molecule has 3 N–H and O–H groups in total. The highest BCUT2D eigenvalue weighted by molar-refractivity contribution is 5.94. The predicted molar refractivity (Wildman–Crippen MR) is 114 cm³/mol. The summed E-state index contributed by atoms with van der Waals surface area (Å²) < 4.78 is 13.2. The third-order valence-corrected chi connectivity index (χ3v) is 6.29. The molecule has 0 radical (unpaired) electrons. The fraction of sp³-hybridized carbons (Fsp3) is 0.261. The predicted octanol–water partition coefficient (Wildman–Crippen LogP) is 3.63. The lowest BCUT2D eigenvalue weighted by Gasteiger charge is -2.44. The van der Waals surface area contributed by atoms with E-state index in [2.05, 4.69) is 27.0 Å². The average Bonchev–Trinajstić information content (AvgIpc) is 3.35. The zero-order chi connectivity index (χ0) is 21.4. The molecular formula is C23H21FN6O. The largest absolute Gasteiger partial charge is 0.355 e. The second kappa shape index (κ2) is 7.43. The summed E-state index contributed by atoms with van der Waals surface area (Å²) in [4.78, 5) is 14.6. The van der Waals surface area contributed by atoms with Crippen LogP contribution in [0, 0.1) is 23.2 Å². The van der Waals surface area contributed by atoms with Crippen molar-refractivity contribution < 1.29 is 9.18 Å². The lowest BCUT2D eigenvalue weighted by molar-refractivity contribution is 0.0757. The van der Waals surface area contributed by atoms with Gasteiger partial charge in [0.1, 0.15) is 5.82 Å². The first-order chi connectivity index (χ1) is 15.1. The van der Waals surface area contributed by atoms with E-state index in [9.17, 15) is 14.4 Å². The van der Waals surface area contributed by atoms with Crippen LogP contribution in [0.15, 0.2) is 54.6 Å². The minimum atomic E-state index is -0.325. The number of hydrogen-bond donors (Lipinski definition) is 3. The van der Waals surface area contributed by atoms with Crippen molar-refractivity contribution in [3.05, 3.63) is 66.1 Å². The number of carbonyl (C=O) groups is 1. The fourth-order valence-corrected chi connectivity index (χ4v) is 4.50. The van der Waals surface area contributed by atoms with E-state index in [1.807, 2.05) is 24.3 Å². The van der Waals surface area contributed by atoms with Gasteiger partial charge in [-0.25, -0.2) is 4.39 Å². The molecule has 1 amide bonds. The molecule has 156 valence electrons. The number of aromatic amines is 1. The number of benzene rings is 2. The van der Waals surface area contributed by atoms with Gasteiger partial charge in [-0.1, -0.05) is 18.2 Å². The van der Waals surface area contributed by atoms with E-state index >= 15 is 0 Å². The Morgan fingerprint density at radius 1 is 1.26 bits per heavy atom. The SMILES string of the molecule is N#CN1CC2CC[C@]2(NC(=O)c2cc(-c3ccccc3Nc3ccc(F)cc3)[nH]n2)C1. The van der Waals surface area contributed by atoms with Crippen LogP contribution in [0.2, 0.25) is 0 Å². The molecule has 8 heteroatoms. The summed E-state index contributed by atoms with van der Waals surface area (Å²) >= 11 is 0. The van der Waals surface area contributed by atoms with Gasteiger partial charge in [0, 0.05) is 29.4 Å². The minimum Gasteiger partial charge on any atom is -0.355 e. The lowest BCUT2D eigenvalue weighted by atomic mass is 9.69. The fourth-order valence-electron chi connectivity index (χ4n) is 4.50. The third kappa shape index (κ3) is 3.48. The Kier molecular flexibility index (Phi) is 4.59. The Bertz CT molecular complexity index is 1170. The van der Waals surface area contributed by atoms with Crippen molar-refractivity contribution in [3.63, 3.8) is 0 Å². The van der Waals surface area contributed by atoms with Gasteiger partial charge in [-0.3, -0.25) is 9.89 Å². The van der Waals surface area contributed by atoms with Gasteiger partial charge in [0.05, 0.1) is 17.8 Å². The molecule has 1 unspecified atom stereocenters. The molecule has 0 spiro atoms. The molecule has 0 bridgehead atoms. The molecule has 1 aliphatic carbocycles. The first-order valence-electron chi connectivity index (χ1n) is 10.2. The number of nitrogens with one attached hydrogen (secondary N) is 3. The monoisotopic (exact) mass is 416 g/mol. The molecule has 2 heterocycles. The number of hydrogen-bond acceptors (Lipinski definition) is 5. The van der Waals surface area contributed by atoms with Gasteiger partial charge >= 0.3 is 0 Å². The number of amides is 1. The van der Waals surface area contributed by atoms with Gasteiger partial charge in [0.15, 0.2) is 11.9 Å². The Morgan fingerprint density at radius 3 is 2.81 bits per heavy atom. The summed E-state index contributed by atoms with van der Waals surface area (Å²) in [5, 5.41) is 22.8. The van der Waals surface area contributed by atoms with Crippen LogP contribution in [0.4, 0.5) is 15.8 Å². The van der Waals surface area contributed by atoms with Crippen LogP contribution < -0.4 is 10.6 Å². The van der Waals surface area contributed by atoms with Crippen molar-refractivity contribution in [1.29, 1.82) is 5.26 Å². The van der Waals surface area contributed by atoms with Crippen LogP contribution in [-0.2, 0) is 0 Å². The highest BCUT2D eigenvalue weighted by atomic mass is 19.1. The third-order valence-electron chi connectivity index (χ3n) is 6.29. The molecule has 3 aromatic rings. The number of rotatable bonds is 5. The maximum Gasteiger partial charge on any atom is 0.272 e. The van der Waals surface area contributed by atoms with Gasteiger partial charge in [-0.05, 0) is 49.2 Å². The number of nitrogens with zero attached hydrogens (tertiary/aromatic N) is 3. The van der Waals surface area contributed by atoms with E-state index in [1.54, 1.807) is 23.1 Å². The van der Waals surface area contributed by atoms with Crippen molar-refractivity contribution in [2.24, 2.45) is 5.92 Å². The van der Waals surface area contributed by atoms with Crippen molar-refractivity contribution >= 4 is 17.3 Å². The number of halogens is 1. The normalized spacial score (nSPS) is 21.7. The summed E-state index contributed by atoms with van der Waals surface area (Å²) in [6.07, 6.45) is 4.09. The summed E-state index contributed by atoms with van der Waals surface area (Å²) in [5.41, 5.74) is 3.08. The number of likely N-dealkylation sites (tertiary alicyclic amines) is 1. The smallest absolute Gasteiger partial charge is 0.272 e. The molecule has 2 aromatic carbocycles. The lowest BCUT2D eigenvalue weighted by Crippen LogP contribution is -2.60. The van der Waals surface area contributed by atoms with Gasteiger partial charge in [0.2, 0.25) is 0 Å². The number of anilines is 2. The van der Waals surface area contributed by atoms with E-state index < -0.39 is 0 Å². The Balaban J connectivity index is 1.35. The highest BCUT2D eigenvalue weighted by Gasteiger charge is 2.54. The van der Waals surface area contributed by atoms with Gasteiger partial charge in [-0.2, -0.15) is 10.4 Å². The second-order valence-corrected chi connectivity index (χ2v) is 8.17. The van der Waals surface area contributed by atoms with E-state index in [0.29, 0.717) is 30.4 Å². The molecule has 31 heavy (non-hydrogen) atoms. The quantitative estimate of drug-likeness (QED) is 0.552. The molecule has 7 nitrogen and oxygen atoms in total. The maximum atomic E-state index is 13.2. The van der Waals surface area contributed by atoms with E-state index in [4.69, 9.17) is 0 Å². The zero-order valence-corrected chi connectivity index (χ0v) is 16.7. The van der Waals surface area contributed by atoms with Gasteiger partial charge < -0.3 is 15.5 Å². The van der Waals surface area contributed by atoms with Crippen LogP contribution in [0.25, 0.3) is 11.3 Å². The number of nitriles is 1. The topological polar surface area (TPSA) is 96.8 Å². The number of aromatic nitrogens is 2. The Hall–Kier alpha value is -3.86. The van der Waals surface area contributed by atoms with E-state index in [-0.39, 0.29) is 17.3 Å². The number of para-hydroxylation sites is 1. The van der Waals surface area contributed by atoms with Crippen LogP contribution >= 0.6 is 0 Å². The van der Waals surface area contributed by atoms with Crippen molar-refractivity contribution in [2.75, 3.05) is 18.4 Å². The van der Waals surface area contributed by atoms with Crippen LogP contribution in [0.3, 0.4) is 0 Å². The summed E-state index contributed by atoms with van der Waals surface area (Å²) in [6, 6.07) is 15.5. The number of carbonyl (C=O) groups excluding carboxylic acids is 1. The Labute approximate surface area is 178 Å². The molecule has 1 aliphatic heterocycles. The summed E-state index contributed by atoms with van der Waals surface area (Å²) in [5.74, 6) is -0.220. The molecule has 2 atom stereocenters. The first-order valence-corrected chi connectivity index (χ1v) is 10.2. The molecule has 1 saturated heterocycles. The van der Waals surface area contributed by atoms with Crippen molar-refractivity contribution in [1.82, 2.24) is 20.4 Å². The van der Waals surface area contributed by atoms with Crippen LogP contribution in [-0.4, -0.2) is 39.6 Å².